The van der Waals surface area contributed by atoms with Crippen molar-refractivity contribution in [3.63, 3.8) is 0 Å². The molecular weight excluding hydrogens is 262 g/mol. The van der Waals surface area contributed by atoms with Crippen molar-refractivity contribution < 1.29 is 4.74 Å². The number of alkyl halides is 1. The van der Waals surface area contributed by atoms with Crippen molar-refractivity contribution in [2.75, 3.05) is 17.8 Å². The van der Waals surface area contributed by atoms with Crippen molar-refractivity contribution in [2.45, 2.75) is 45.1 Å². The second kappa shape index (κ2) is 6.42. The third-order valence-electron chi connectivity index (χ3n) is 3.67. The molecule has 2 rings (SSSR count). The summed E-state index contributed by atoms with van der Waals surface area (Å²) in [7, 11) is 0. The standard InChI is InChI=1S/C14H22ClN3O/c1-3-19-13-7-12(16-10-17-13)18-14(9-15)6-4-5-11(2)8-14/h7,10-11H,3-6,8-9H2,1-2H3,(H,16,17,18). The molecule has 0 spiro atoms. The largest absolute Gasteiger partial charge is 0.478 e. The molecule has 1 N–H and O–H groups in total. The molecule has 1 saturated carbocycles. The molecule has 0 radical (unpaired) electrons. The molecule has 0 bridgehead atoms. The minimum Gasteiger partial charge on any atom is -0.478 e. The Morgan fingerprint density at radius 3 is 3.05 bits per heavy atom. The highest BCUT2D eigenvalue weighted by Gasteiger charge is 2.34. The van der Waals surface area contributed by atoms with E-state index in [2.05, 4.69) is 22.2 Å². The smallest absolute Gasteiger partial charge is 0.218 e. The zero-order valence-corrected chi connectivity index (χ0v) is 12.4. The molecule has 2 atom stereocenters. The second-order valence-corrected chi connectivity index (χ2v) is 5.68. The number of nitrogens with one attached hydrogen (secondary N) is 1. The fourth-order valence-corrected chi connectivity index (χ4v) is 3.14. The van der Waals surface area contributed by atoms with Crippen LogP contribution in [0.3, 0.4) is 0 Å². The van der Waals surface area contributed by atoms with Crippen molar-refractivity contribution in [3.8, 4) is 5.88 Å². The van der Waals surface area contributed by atoms with Crippen molar-refractivity contribution in [2.24, 2.45) is 5.92 Å². The maximum atomic E-state index is 6.22. The first-order valence-electron chi connectivity index (χ1n) is 6.96. The first-order valence-corrected chi connectivity index (χ1v) is 7.50. The Balaban J connectivity index is 2.11. The zero-order valence-electron chi connectivity index (χ0n) is 11.7. The second-order valence-electron chi connectivity index (χ2n) is 5.41. The summed E-state index contributed by atoms with van der Waals surface area (Å²) in [6.07, 6.45) is 6.21. The summed E-state index contributed by atoms with van der Waals surface area (Å²) < 4.78 is 5.40. The van der Waals surface area contributed by atoms with Crippen LogP contribution in [0.15, 0.2) is 12.4 Å². The summed E-state index contributed by atoms with van der Waals surface area (Å²) in [5, 5.41) is 3.51. The van der Waals surface area contributed by atoms with E-state index in [0.29, 0.717) is 24.3 Å². The SMILES string of the molecule is CCOc1cc(NC2(CCl)CCCC(C)C2)ncn1. The summed E-state index contributed by atoms with van der Waals surface area (Å²) in [5.41, 5.74) is -0.0446. The van der Waals surface area contributed by atoms with Gasteiger partial charge in [-0.15, -0.1) is 11.6 Å². The van der Waals surface area contributed by atoms with E-state index < -0.39 is 0 Å². The number of nitrogens with zero attached hydrogens (tertiary/aromatic N) is 2. The minimum atomic E-state index is -0.0446. The molecule has 1 fully saturated rings. The lowest BCUT2D eigenvalue weighted by molar-refractivity contribution is 0.278. The lowest BCUT2D eigenvalue weighted by Crippen LogP contribution is -2.44. The van der Waals surface area contributed by atoms with Crippen LogP contribution in [0.5, 0.6) is 5.88 Å². The maximum absolute atomic E-state index is 6.22. The van der Waals surface area contributed by atoms with Crippen molar-refractivity contribution in [1.82, 2.24) is 9.97 Å². The van der Waals surface area contributed by atoms with Crippen LogP contribution < -0.4 is 10.1 Å². The zero-order chi connectivity index (χ0) is 13.7. The van der Waals surface area contributed by atoms with Crippen LogP contribution in [0.25, 0.3) is 0 Å². The molecule has 1 aliphatic carbocycles. The van der Waals surface area contributed by atoms with Gasteiger partial charge in [-0.2, -0.15) is 0 Å². The highest BCUT2D eigenvalue weighted by Crippen LogP contribution is 2.35. The predicted molar refractivity (Wildman–Crippen MR) is 77.9 cm³/mol. The fourth-order valence-electron chi connectivity index (χ4n) is 2.83. The third-order valence-corrected chi connectivity index (χ3v) is 4.19. The molecule has 4 nitrogen and oxygen atoms in total. The van der Waals surface area contributed by atoms with E-state index in [-0.39, 0.29) is 5.54 Å². The summed E-state index contributed by atoms with van der Waals surface area (Å²) >= 11 is 6.22. The molecule has 19 heavy (non-hydrogen) atoms. The molecule has 2 unspecified atom stereocenters. The Hall–Kier alpha value is -1.03. The van der Waals surface area contributed by atoms with Crippen LogP contribution in [-0.2, 0) is 0 Å². The third kappa shape index (κ3) is 3.72. The van der Waals surface area contributed by atoms with Gasteiger partial charge in [-0.3, -0.25) is 0 Å². The van der Waals surface area contributed by atoms with E-state index in [9.17, 15) is 0 Å². The number of halogens is 1. The lowest BCUT2D eigenvalue weighted by Gasteiger charge is -2.39. The minimum absolute atomic E-state index is 0.0446. The average molecular weight is 284 g/mol. The Labute approximate surface area is 119 Å². The van der Waals surface area contributed by atoms with Gasteiger partial charge in [-0.25, -0.2) is 9.97 Å². The summed E-state index contributed by atoms with van der Waals surface area (Å²) in [5.74, 6) is 2.71. The van der Waals surface area contributed by atoms with Crippen LogP contribution in [0.1, 0.15) is 39.5 Å². The van der Waals surface area contributed by atoms with E-state index in [4.69, 9.17) is 16.3 Å². The van der Waals surface area contributed by atoms with Gasteiger partial charge in [0.15, 0.2) is 0 Å². The monoisotopic (exact) mass is 283 g/mol. The van der Waals surface area contributed by atoms with Gasteiger partial charge in [-0.05, 0) is 25.7 Å². The van der Waals surface area contributed by atoms with E-state index in [1.54, 1.807) is 0 Å². The van der Waals surface area contributed by atoms with E-state index >= 15 is 0 Å². The summed E-state index contributed by atoms with van der Waals surface area (Å²) in [4.78, 5) is 8.35. The normalized spacial score (nSPS) is 27.0. The van der Waals surface area contributed by atoms with Crippen molar-refractivity contribution in [1.29, 1.82) is 0 Å². The first kappa shape index (κ1) is 14.4. The molecule has 106 valence electrons. The highest BCUT2D eigenvalue weighted by molar-refractivity contribution is 6.18. The number of rotatable bonds is 5. The number of ether oxygens (including phenoxy) is 1. The quantitative estimate of drug-likeness (QED) is 0.841. The Kier molecular flexibility index (Phi) is 4.86. The van der Waals surface area contributed by atoms with E-state index in [1.165, 1.54) is 19.2 Å². The Bertz CT molecular complexity index is 415. The molecule has 0 saturated heterocycles. The van der Waals surface area contributed by atoms with Crippen LogP contribution in [0, 0.1) is 5.92 Å². The van der Waals surface area contributed by atoms with Gasteiger partial charge in [0.2, 0.25) is 5.88 Å². The average Bonchev–Trinajstić information content (AvgIpc) is 2.39. The van der Waals surface area contributed by atoms with Crippen LogP contribution in [0.4, 0.5) is 5.82 Å². The number of aromatic nitrogens is 2. The molecule has 1 heterocycles. The van der Waals surface area contributed by atoms with Crippen LogP contribution in [0.2, 0.25) is 0 Å². The van der Waals surface area contributed by atoms with Gasteiger partial charge in [0.05, 0.1) is 12.1 Å². The van der Waals surface area contributed by atoms with Crippen molar-refractivity contribution >= 4 is 17.4 Å². The van der Waals surface area contributed by atoms with Crippen molar-refractivity contribution in [3.05, 3.63) is 12.4 Å². The number of hydrogen-bond donors (Lipinski definition) is 1. The highest BCUT2D eigenvalue weighted by atomic mass is 35.5. The van der Waals surface area contributed by atoms with Gasteiger partial charge >= 0.3 is 0 Å². The predicted octanol–water partition coefficient (Wildman–Crippen LogP) is 3.47. The summed E-state index contributed by atoms with van der Waals surface area (Å²) in [6, 6.07) is 1.84. The maximum Gasteiger partial charge on any atom is 0.218 e. The molecule has 1 aliphatic rings. The lowest BCUT2D eigenvalue weighted by atomic mass is 9.77. The van der Waals surface area contributed by atoms with Crippen LogP contribution in [-0.4, -0.2) is 28.0 Å². The summed E-state index contributed by atoms with van der Waals surface area (Å²) in [6.45, 7) is 4.83. The Morgan fingerprint density at radius 2 is 2.37 bits per heavy atom. The van der Waals surface area contributed by atoms with Gasteiger partial charge in [0.1, 0.15) is 12.1 Å². The topological polar surface area (TPSA) is 47.0 Å². The molecule has 0 amide bonds. The van der Waals surface area contributed by atoms with Gasteiger partial charge in [0, 0.05) is 11.9 Å². The van der Waals surface area contributed by atoms with Gasteiger partial charge < -0.3 is 10.1 Å². The fraction of sp³-hybridized carbons (Fsp3) is 0.714. The molecule has 0 aliphatic heterocycles. The molecule has 0 aromatic carbocycles. The molecule has 1 aromatic heterocycles. The molecule has 5 heteroatoms. The number of hydrogen-bond acceptors (Lipinski definition) is 4. The van der Waals surface area contributed by atoms with E-state index in [0.717, 1.165) is 18.7 Å². The Morgan fingerprint density at radius 1 is 1.53 bits per heavy atom. The van der Waals surface area contributed by atoms with E-state index in [1.807, 2.05) is 13.0 Å². The van der Waals surface area contributed by atoms with Gasteiger partial charge in [-0.1, -0.05) is 19.8 Å². The molecule has 1 aromatic rings. The van der Waals surface area contributed by atoms with Crippen LogP contribution >= 0.6 is 11.6 Å². The van der Waals surface area contributed by atoms with Gasteiger partial charge in [0.25, 0.3) is 0 Å². The number of anilines is 1. The first-order chi connectivity index (χ1) is 9.17. The molecular formula is C14H22ClN3O.